The summed E-state index contributed by atoms with van der Waals surface area (Å²) in [5.74, 6) is -0.551. The first kappa shape index (κ1) is 11.0. The van der Waals surface area contributed by atoms with E-state index in [9.17, 15) is 14.3 Å². The molecule has 2 N–H and O–H groups in total. The summed E-state index contributed by atoms with van der Waals surface area (Å²) < 4.78 is 18.2. The zero-order chi connectivity index (χ0) is 11.7. The maximum Gasteiger partial charge on any atom is 0.170 e. The second kappa shape index (κ2) is 4.19. The molecule has 2 rings (SSSR count). The van der Waals surface area contributed by atoms with Crippen molar-refractivity contribution in [1.29, 1.82) is 0 Å². The van der Waals surface area contributed by atoms with Crippen molar-refractivity contribution >= 4 is 5.78 Å². The van der Waals surface area contributed by atoms with Crippen molar-refractivity contribution in [3.05, 3.63) is 29.6 Å². The van der Waals surface area contributed by atoms with Crippen molar-refractivity contribution in [2.24, 2.45) is 0 Å². The summed E-state index contributed by atoms with van der Waals surface area (Å²) in [6.45, 7) is -0.478. The monoisotopic (exact) mass is 226 g/mol. The van der Waals surface area contributed by atoms with Crippen molar-refractivity contribution in [3.63, 3.8) is 0 Å². The fourth-order valence-corrected chi connectivity index (χ4v) is 1.65. The fraction of sp³-hybridized carbons (Fsp3) is 0.364. The van der Waals surface area contributed by atoms with Crippen molar-refractivity contribution in [3.8, 4) is 5.75 Å². The van der Waals surface area contributed by atoms with Gasteiger partial charge >= 0.3 is 0 Å². The van der Waals surface area contributed by atoms with Crippen LogP contribution in [0.15, 0.2) is 18.2 Å². The zero-order valence-electron chi connectivity index (χ0n) is 8.39. The van der Waals surface area contributed by atoms with Crippen LogP contribution in [0, 0.1) is 5.82 Å². The molecule has 0 saturated carbocycles. The Kier molecular flexibility index (Phi) is 2.89. The molecule has 2 atom stereocenters. The molecule has 0 bridgehead atoms. The average Bonchev–Trinajstić information content (AvgIpc) is 2.28. The highest BCUT2D eigenvalue weighted by atomic mass is 19.1. The van der Waals surface area contributed by atoms with Gasteiger partial charge in [0, 0.05) is 0 Å². The van der Waals surface area contributed by atoms with Gasteiger partial charge in [-0.15, -0.1) is 0 Å². The lowest BCUT2D eigenvalue weighted by Crippen LogP contribution is -2.39. The molecule has 1 heterocycles. The number of ketones is 1. The van der Waals surface area contributed by atoms with Crippen LogP contribution in [-0.2, 0) is 0 Å². The second-order valence-corrected chi connectivity index (χ2v) is 3.67. The van der Waals surface area contributed by atoms with Crippen LogP contribution < -0.4 is 4.74 Å². The summed E-state index contributed by atoms with van der Waals surface area (Å²) in [6.07, 6.45) is -1.93. The molecule has 0 aromatic heterocycles. The first-order chi connectivity index (χ1) is 7.61. The molecule has 0 spiro atoms. The van der Waals surface area contributed by atoms with Crippen molar-refractivity contribution in [2.45, 2.75) is 18.6 Å². The summed E-state index contributed by atoms with van der Waals surface area (Å²) in [7, 11) is 0. The maximum absolute atomic E-state index is 12.9. The largest absolute Gasteiger partial charge is 0.486 e. The van der Waals surface area contributed by atoms with Gasteiger partial charge in [0.15, 0.2) is 5.78 Å². The van der Waals surface area contributed by atoms with Crippen LogP contribution in [0.4, 0.5) is 4.39 Å². The van der Waals surface area contributed by atoms with Gasteiger partial charge in [0.1, 0.15) is 23.8 Å². The van der Waals surface area contributed by atoms with Gasteiger partial charge in [0.2, 0.25) is 0 Å². The van der Waals surface area contributed by atoms with E-state index in [0.29, 0.717) is 0 Å². The summed E-state index contributed by atoms with van der Waals surface area (Å²) in [6, 6.07) is 3.64. The van der Waals surface area contributed by atoms with E-state index in [1.165, 1.54) is 12.1 Å². The lowest BCUT2D eigenvalue weighted by atomic mass is 9.98. The number of carbonyl (C=O) groups is 1. The van der Waals surface area contributed by atoms with Gasteiger partial charge in [0.25, 0.3) is 0 Å². The first-order valence-electron chi connectivity index (χ1n) is 4.90. The molecule has 1 aliphatic rings. The number of aliphatic hydroxyl groups is 2. The number of rotatable bonds is 2. The third-order valence-corrected chi connectivity index (χ3v) is 2.52. The number of carbonyl (C=O) groups excluding carboxylic acids is 1. The molecular weight excluding hydrogens is 215 g/mol. The Bertz CT molecular complexity index is 418. The van der Waals surface area contributed by atoms with Crippen molar-refractivity contribution in [1.82, 2.24) is 0 Å². The van der Waals surface area contributed by atoms with Gasteiger partial charge in [-0.2, -0.15) is 0 Å². The number of fused-ring (bicyclic) bond motifs is 1. The predicted octanol–water partition coefficient (Wildman–Crippen LogP) is 0.513. The van der Waals surface area contributed by atoms with Gasteiger partial charge in [0.05, 0.1) is 18.6 Å². The van der Waals surface area contributed by atoms with Crippen LogP contribution in [0.5, 0.6) is 5.75 Å². The molecule has 0 aliphatic carbocycles. The van der Waals surface area contributed by atoms with E-state index in [0.717, 1.165) is 6.07 Å². The number of halogens is 1. The van der Waals surface area contributed by atoms with E-state index in [4.69, 9.17) is 9.84 Å². The molecule has 0 saturated heterocycles. The van der Waals surface area contributed by atoms with Crippen LogP contribution in [0.1, 0.15) is 16.8 Å². The third-order valence-electron chi connectivity index (χ3n) is 2.52. The van der Waals surface area contributed by atoms with E-state index in [-0.39, 0.29) is 23.5 Å². The topological polar surface area (TPSA) is 66.8 Å². The maximum atomic E-state index is 12.9. The fourth-order valence-electron chi connectivity index (χ4n) is 1.65. The normalized spacial score (nSPS) is 21.2. The van der Waals surface area contributed by atoms with E-state index in [2.05, 4.69) is 0 Å². The van der Waals surface area contributed by atoms with Gasteiger partial charge in [-0.05, 0) is 18.2 Å². The van der Waals surface area contributed by atoms with E-state index < -0.39 is 24.6 Å². The minimum atomic E-state index is -1.11. The van der Waals surface area contributed by atoms with Crippen molar-refractivity contribution in [2.75, 3.05) is 6.61 Å². The van der Waals surface area contributed by atoms with E-state index >= 15 is 0 Å². The molecule has 0 amide bonds. The minimum Gasteiger partial charge on any atom is -0.486 e. The standard InChI is InChI=1S/C11H11FO4/c12-6-1-2-10-7(3-6)8(14)4-11(16-10)9(15)5-13/h1-3,9,11,13,15H,4-5H2/t9-,11?/m1/s1. The highest BCUT2D eigenvalue weighted by Gasteiger charge is 2.31. The summed E-state index contributed by atoms with van der Waals surface area (Å²) in [4.78, 5) is 11.6. The Balaban J connectivity index is 2.30. The molecule has 5 heteroatoms. The number of Topliss-reactive ketones (excluding diaryl/α,β-unsaturated/α-hetero) is 1. The summed E-state index contributed by atoms with van der Waals surface area (Å²) in [5, 5.41) is 18.1. The zero-order valence-corrected chi connectivity index (χ0v) is 8.39. The molecule has 0 fully saturated rings. The van der Waals surface area contributed by atoms with Gasteiger partial charge in [-0.1, -0.05) is 0 Å². The SMILES string of the molecule is O=C1CC([C@H](O)CO)Oc2ccc(F)cc21. The number of hydrogen-bond acceptors (Lipinski definition) is 4. The number of ether oxygens (including phenoxy) is 1. The highest BCUT2D eigenvalue weighted by molar-refractivity contribution is 5.99. The van der Waals surface area contributed by atoms with Crippen LogP contribution in [0.3, 0.4) is 0 Å². The molecule has 4 nitrogen and oxygen atoms in total. The number of benzene rings is 1. The molecular formula is C11H11FO4. The van der Waals surface area contributed by atoms with Crippen LogP contribution in [0.25, 0.3) is 0 Å². The molecule has 1 aromatic carbocycles. The van der Waals surface area contributed by atoms with Gasteiger partial charge in [-0.25, -0.2) is 4.39 Å². The summed E-state index contributed by atoms with van der Waals surface area (Å²) in [5.41, 5.74) is 0.182. The number of aliphatic hydroxyl groups excluding tert-OH is 2. The lowest BCUT2D eigenvalue weighted by Gasteiger charge is -2.27. The Hall–Kier alpha value is -1.46. The molecule has 86 valence electrons. The van der Waals surface area contributed by atoms with Crippen LogP contribution >= 0.6 is 0 Å². The molecule has 0 radical (unpaired) electrons. The Labute approximate surface area is 91.3 Å². The lowest BCUT2D eigenvalue weighted by molar-refractivity contribution is -0.00671. The minimum absolute atomic E-state index is 0.0574. The van der Waals surface area contributed by atoms with Gasteiger partial charge in [-0.3, -0.25) is 4.79 Å². The van der Waals surface area contributed by atoms with Crippen LogP contribution in [-0.4, -0.2) is 34.8 Å². The molecule has 16 heavy (non-hydrogen) atoms. The summed E-state index contributed by atoms with van der Waals surface area (Å²) >= 11 is 0. The molecule has 1 unspecified atom stereocenters. The first-order valence-corrected chi connectivity index (χ1v) is 4.90. The molecule has 1 aromatic rings. The van der Waals surface area contributed by atoms with Crippen molar-refractivity contribution < 1.29 is 24.1 Å². The third kappa shape index (κ3) is 1.91. The van der Waals surface area contributed by atoms with Gasteiger partial charge < -0.3 is 14.9 Å². The van der Waals surface area contributed by atoms with E-state index in [1.54, 1.807) is 0 Å². The van der Waals surface area contributed by atoms with Crippen LogP contribution in [0.2, 0.25) is 0 Å². The quantitative estimate of drug-likeness (QED) is 0.771. The Morgan fingerprint density at radius 3 is 3.00 bits per heavy atom. The Morgan fingerprint density at radius 1 is 1.56 bits per heavy atom. The van der Waals surface area contributed by atoms with E-state index in [1.807, 2.05) is 0 Å². The number of hydrogen-bond donors (Lipinski definition) is 2. The predicted molar refractivity (Wildman–Crippen MR) is 52.9 cm³/mol. The smallest absolute Gasteiger partial charge is 0.170 e. The average molecular weight is 226 g/mol. The second-order valence-electron chi connectivity index (χ2n) is 3.67. The Morgan fingerprint density at radius 2 is 2.31 bits per heavy atom. The highest BCUT2D eigenvalue weighted by Crippen LogP contribution is 2.29. The molecule has 1 aliphatic heterocycles.